The fourth-order valence-corrected chi connectivity index (χ4v) is 6.08. The van der Waals surface area contributed by atoms with Crippen molar-refractivity contribution in [2.45, 2.75) is 23.9 Å². The number of sulfonamides is 1. The summed E-state index contributed by atoms with van der Waals surface area (Å²) in [6, 6.07) is 22.6. The second-order valence-electron chi connectivity index (χ2n) is 9.01. The van der Waals surface area contributed by atoms with Crippen molar-refractivity contribution in [3.8, 4) is 11.1 Å². The molecule has 3 aromatic carbocycles. The Morgan fingerprint density at radius 3 is 2.46 bits per heavy atom. The Morgan fingerprint density at radius 2 is 1.71 bits per heavy atom. The molecule has 13 heteroatoms. The second-order valence-corrected chi connectivity index (χ2v) is 11.2. The van der Waals surface area contributed by atoms with Gasteiger partial charge in [-0.15, -0.1) is 0 Å². The van der Waals surface area contributed by atoms with E-state index in [0.29, 0.717) is 23.3 Å². The van der Waals surface area contributed by atoms with Crippen LogP contribution in [0.15, 0.2) is 96.0 Å². The highest BCUT2D eigenvalue weighted by atomic mass is 32.2. The quantitative estimate of drug-likeness (QED) is 0.190. The lowest BCUT2D eigenvalue weighted by atomic mass is 10.0. The fourth-order valence-electron chi connectivity index (χ4n) is 4.12. The van der Waals surface area contributed by atoms with Crippen LogP contribution in [0.2, 0.25) is 0 Å². The average molecular weight is 589 g/mol. The van der Waals surface area contributed by atoms with Crippen LogP contribution >= 0.6 is 11.7 Å². The molecule has 0 aliphatic heterocycles. The molecule has 0 saturated carbocycles. The minimum Gasteiger partial charge on any atom is -0.480 e. The Kier molecular flexibility index (Phi) is 8.29. The average Bonchev–Trinajstić information content (AvgIpc) is 3.46. The lowest BCUT2D eigenvalue weighted by molar-refractivity contribution is -0.138. The van der Waals surface area contributed by atoms with Gasteiger partial charge in [0.1, 0.15) is 22.0 Å². The van der Waals surface area contributed by atoms with Gasteiger partial charge >= 0.3 is 12.0 Å². The number of carbonyl (C=O) groups is 2. The number of urea groups is 1. The van der Waals surface area contributed by atoms with E-state index < -0.39 is 22.0 Å². The summed E-state index contributed by atoms with van der Waals surface area (Å²) in [6.07, 6.45) is 1.59. The highest BCUT2D eigenvalue weighted by Gasteiger charge is 2.28. The monoisotopic (exact) mass is 588 g/mol. The number of aromatic nitrogens is 3. The molecule has 41 heavy (non-hydrogen) atoms. The van der Waals surface area contributed by atoms with E-state index in [4.69, 9.17) is 0 Å². The van der Waals surface area contributed by atoms with Crippen LogP contribution in [0.25, 0.3) is 22.2 Å². The van der Waals surface area contributed by atoms with Crippen LogP contribution in [-0.4, -0.2) is 45.3 Å². The van der Waals surface area contributed by atoms with Crippen molar-refractivity contribution in [2.75, 3.05) is 5.32 Å². The van der Waals surface area contributed by atoms with E-state index in [9.17, 15) is 23.1 Å². The number of pyridine rings is 1. The number of anilines is 1. The number of aliphatic carboxylic acids is 1. The van der Waals surface area contributed by atoms with Crippen molar-refractivity contribution in [1.29, 1.82) is 0 Å². The summed E-state index contributed by atoms with van der Waals surface area (Å²) in [5, 5.41) is 15.3. The Balaban J connectivity index is 1.24. The first-order valence-corrected chi connectivity index (χ1v) is 14.6. The molecule has 5 aromatic rings. The molecule has 208 valence electrons. The van der Waals surface area contributed by atoms with E-state index in [1.165, 1.54) is 12.1 Å². The number of benzene rings is 3. The van der Waals surface area contributed by atoms with E-state index >= 15 is 0 Å². The normalized spacial score (nSPS) is 12.1. The third-order valence-corrected chi connectivity index (χ3v) is 8.18. The lowest BCUT2D eigenvalue weighted by Crippen LogP contribution is -2.42. The van der Waals surface area contributed by atoms with E-state index in [-0.39, 0.29) is 22.9 Å². The molecular formula is C28H24N6O5S2. The summed E-state index contributed by atoms with van der Waals surface area (Å²) in [5.74, 6) is -1.30. The number of amides is 2. The molecule has 2 heterocycles. The van der Waals surface area contributed by atoms with Crippen LogP contribution in [-0.2, 0) is 27.8 Å². The van der Waals surface area contributed by atoms with Crippen molar-refractivity contribution < 1.29 is 23.1 Å². The Labute approximate surface area is 239 Å². The van der Waals surface area contributed by atoms with Gasteiger partial charge < -0.3 is 15.7 Å². The maximum absolute atomic E-state index is 13.0. The van der Waals surface area contributed by atoms with Gasteiger partial charge in [-0.3, -0.25) is 9.78 Å². The molecule has 0 aliphatic rings. The van der Waals surface area contributed by atoms with Gasteiger partial charge in [0.2, 0.25) is 10.0 Å². The molecule has 0 aliphatic carbocycles. The largest absolute Gasteiger partial charge is 0.480 e. The number of carbonyl (C=O) groups excluding carboxylic acids is 1. The number of fused-ring (bicyclic) bond motifs is 1. The molecule has 2 aromatic heterocycles. The molecular weight excluding hydrogens is 564 g/mol. The summed E-state index contributed by atoms with van der Waals surface area (Å²) in [5.41, 5.74) is 4.24. The number of nitrogens with one attached hydrogen (secondary N) is 3. The number of nitrogens with zero attached hydrogens (tertiary/aromatic N) is 3. The number of carboxylic acids is 1. The van der Waals surface area contributed by atoms with E-state index in [2.05, 4.69) is 29.1 Å². The molecule has 0 saturated heterocycles. The summed E-state index contributed by atoms with van der Waals surface area (Å²) in [6.45, 7) is 0.291. The second kappa shape index (κ2) is 12.2. The van der Waals surface area contributed by atoms with Gasteiger partial charge in [0, 0.05) is 11.9 Å². The van der Waals surface area contributed by atoms with Gasteiger partial charge in [0.25, 0.3) is 0 Å². The zero-order valence-corrected chi connectivity index (χ0v) is 23.0. The molecule has 4 N–H and O–H groups in total. The summed E-state index contributed by atoms with van der Waals surface area (Å²) < 4.78 is 36.4. The number of hydrogen-bond acceptors (Lipinski definition) is 8. The molecule has 0 radical (unpaired) electrons. The number of rotatable bonds is 10. The van der Waals surface area contributed by atoms with Crippen LogP contribution in [0.1, 0.15) is 11.3 Å². The van der Waals surface area contributed by atoms with Crippen LogP contribution < -0.4 is 15.4 Å². The number of carboxylic acid groups (broad SMARTS) is 1. The minimum absolute atomic E-state index is 0.0713. The molecule has 11 nitrogen and oxygen atoms in total. The van der Waals surface area contributed by atoms with Crippen LogP contribution in [0.4, 0.5) is 10.5 Å². The van der Waals surface area contributed by atoms with Crippen molar-refractivity contribution in [1.82, 2.24) is 23.8 Å². The Bertz CT molecular complexity index is 1790. The standard InChI is InChI=1S/C28H24N6O5S2/c35-27(36)24(34-41(38,39)25-9-4-8-23-26(25)33-40-32-23)15-18-10-12-19(13-11-18)20-5-3-7-21(16-20)31-28(37)30-17-22-6-1-2-14-29-22/h1-14,16,24,34H,15,17H2,(H,35,36)(H2,30,31,37). The van der Waals surface area contributed by atoms with Crippen LogP contribution in [0.3, 0.4) is 0 Å². The maximum Gasteiger partial charge on any atom is 0.322 e. The van der Waals surface area contributed by atoms with Crippen molar-refractivity contribution >= 4 is 50.5 Å². The molecule has 0 fully saturated rings. The molecule has 0 spiro atoms. The Morgan fingerprint density at radius 1 is 0.902 bits per heavy atom. The zero-order chi connectivity index (χ0) is 28.8. The maximum atomic E-state index is 13.0. The van der Waals surface area contributed by atoms with Crippen LogP contribution in [0, 0.1) is 0 Å². The predicted octanol–water partition coefficient (Wildman–Crippen LogP) is 4.05. The van der Waals surface area contributed by atoms with Gasteiger partial charge in [0.05, 0.1) is 24.0 Å². The molecule has 2 amide bonds. The Hall–Kier alpha value is -4.72. The summed E-state index contributed by atoms with van der Waals surface area (Å²) in [7, 11) is -4.18. The first kappa shape index (κ1) is 27.8. The van der Waals surface area contributed by atoms with E-state index in [1.807, 2.05) is 42.5 Å². The third kappa shape index (κ3) is 6.90. The van der Waals surface area contributed by atoms with E-state index in [1.54, 1.807) is 36.5 Å². The molecule has 5 rings (SSSR count). The summed E-state index contributed by atoms with van der Waals surface area (Å²) >= 11 is 0.881. The van der Waals surface area contributed by atoms with Crippen molar-refractivity contribution in [3.05, 3.63) is 102 Å². The van der Waals surface area contributed by atoms with Gasteiger partial charge in [-0.2, -0.15) is 13.5 Å². The fraction of sp³-hybridized carbons (Fsp3) is 0.107. The van der Waals surface area contributed by atoms with Crippen molar-refractivity contribution in [3.63, 3.8) is 0 Å². The van der Waals surface area contributed by atoms with Gasteiger partial charge in [-0.25, -0.2) is 13.2 Å². The zero-order valence-electron chi connectivity index (χ0n) is 21.4. The lowest BCUT2D eigenvalue weighted by Gasteiger charge is -2.15. The minimum atomic E-state index is -4.18. The highest BCUT2D eigenvalue weighted by molar-refractivity contribution is 7.89. The van der Waals surface area contributed by atoms with Crippen LogP contribution in [0.5, 0.6) is 0 Å². The summed E-state index contributed by atoms with van der Waals surface area (Å²) in [4.78, 5) is 28.3. The molecule has 0 bridgehead atoms. The van der Waals surface area contributed by atoms with Crippen molar-refractivity contribution in [2.24, 2.45) is 0 Å². The van der Waals surface area contributed by atoms with Gasteiger partial charge in [-0.1, -0.05) is 48.5 Å². The van der Waals surface area contributed by atoms with E-state index in [0.717, 1.165) is 28.5 Å². The smallest absolute Gasteiger partial charge is 0.322 e. The first-order valence-electron chi connectivity index (χ1n) is 12.4. The number of hydrogen-bond donors (Lipinski definition) is 4. The first-order chi connectivity index (χ1) is 19.8. The SMILES string of the molecule is O=C(NCc1ccccn1)Nc1cccc(-c2ccc(CC(NS(=O)(=O)c3cccc4nsnc34)C(=O)O)cc2)c1. The van der Waals surface area contributed by atoms with Gasteiger partial charge in [-0.05, 0) is 59.5 Å². The molecule has 1 atom stereocenters. The molecule has 1 unspecified atom stereocenters. The highest BCUT2D eigenvalue weighted by Crippen LogP contribution is 2.24. The van der Waals surface area contributed by atoms with Gasteiger partial charge in [0.15, 0.2) is 0 Å². The predicted molar refractivity (Wildman–Crippen MR) is 155 cm³/mol. The third-order valence-electron chi connectivity index (χ3n) is 6.14. The topological polar surface area (TPSA) is 163 Å².